The molecule has 0 bridgehead atoms. The summed E-state index contributed by atoms with van der Waals surface area (Å²) in [4.78, 5) is 41.7. The Morgan fingerprint density at radius 3 is 1.85 bits per heavy atom. The lowest BCUT2D eigenvalue weighted by Gasteiger charge is -2.38. The van der Waals surface area contributed by atoms with E-state index in [1.54, 1.807) is 30.3 Å². The Labute approximate surface area is 241 Å². The second-order valence-electron chi connectivity index (χ2n) is 14.4. The van der Waals surface area contributed by atoms with Gasteiger partial charge in [0.05, 0.1) is 11.1 Å². The SMILES string of the molecule is CC(C)(C)[Si](C)(C)Oc1cccc2c1C(=O)c1c(O[Si](C)(C)C(C)(C)C)cc(C(=O)NC3CCCC3)cc1C2=O. The third-order valence-corrected chi connectivity index (χ3v) is 18.1. The molecule has 40 heavy (non-hydrogen) atoms. The molecule has 1 amide bonds. The highest BCUT2D eigenvalue weighted by Crippen LogP contribution is 2.44. The number of amides is 1. The van der Waals surface area contributed by atoms with Crippen molar-refractivity contribution in [2.75, 3.05) is 0 Å². The maximum absolute atomic E-state index is 14.3. The molecule has 216 valence electrons. The van der Waals surface area contributed by atoms with Crippen LogP contribution in [0.4, 0.5) is 0 Å². The van der Waals surface area contributed by atoms with Crippen LogP contribution in [-0.4, -0.2) is 40.2 Å². The van der Waals surface area contributed by atoms with Crippen molar-refractivity contribution in [1.29, 1.82) is 0 Å². The first kappa shape index (κ1) is 30.2. The number of carbonyl (C=O) groups is 3. The van der Waals surface area contributed by atoms with E-state index in [2.05, 4.69) is 73.0 Å². The van der Waals surface area contributed by atoms with Crippen LogP contribution in [0, 0.1) is 0 Å². The van der Waals surface area contributed by atoms with Gasteiger partial charge in [0.2, 0.25) is 5.78 Å². The molecule has 1 fully saturated rings. The minimum Gasteiger partial charge on any atom is -0.543 e. The molecule has 1 N–H and O–H groups in total. The molecule has 2 aromatic rings. The normalized spacial score (nSPS) is 16.4. The van der Waals surface area contributed by atoms with Crippen LogP contribution in [0.2, 0.25) is 36.3 Å². The molecular formula is C32H45NO5Si2. The maximum atomic E-state index is 14.3. The van der Waals surface area contributed by atoms with E-state index in [9.17, 15) is 14.4 Å². The summed E-state index contributed by atoms with van der Waals surface area (Å²) in [7, 11) is -4.75. The summed E-state index contributed by atoms with van der Waals surface area (Å²) in [6.45, 7) is 21.2. The average Bonchev–Trinajstić information content (AvgIpc) is 3.33. The van der Waals surface area contributed by atoms with E-state index >= 15 is 0 Å². The summed E-state index contributed by atoms with van der Waals surface area (Å²) >= 11 is 0. The molecular weight excluding hydrogens is 535 g/mol. The zero-order valence-electron chi connectivity index (χ0n) is 25.8. The lowest BCUT2D eigenvalue weighted by Crippen LogP contribution is -2.45. The molecule has 2 aliphatic rings. The highest BCUT2D eigenvalue weighted by atomic mass is 28.4. The van der Waals surface area contributed by atoms with E-state index in [-0.39, 0.29) is 50.3 Å². The smallest absolute Gasteiger partial charge is 0.251 e. The van der Waals surface area contributed by atoms with Crippen molar-refractivity contribution >= 4 is 34.1 Å². The molecule has 4 rings (SSSR count). The molecule has 0 spiro atoms. The summed E-state index contributed by atoms with van der Waals surface area (Å²) in [5, 5.41) is 2.88. The molecule has 0 heterocycles. The van der Waals surface area contributed by atoms with Crippen molar-refractivity contribution in [2.45, 2.75) is 110 Å². The molecule has 0 unspecified atom stereocenters. The van der Waals surface area contributed by atoms with Gasteiger partial charge in [-0.2, -0.15) is 0 Å². The predicted molar refractivity (Wildman–Crippen MR) is 165 cm³/mol. The van der Waals surface area contributed by atoms with E-state index < -0.39 is 16.6 Å². The highest BCUT2D eigenvalue weighted by molar-refractivity contribution is 6.75. The van der Waals surface area contributed by atoms with Crippen LogP contribution in [-0.2, 0) is 0 Å². The van der Waals surface area contributed by atoms with Crippen LogP contribution in [0.25, 0.3) is 0 Å². The van der Waals surface area contributed by atoms with Crippen molar-refractivity contribution in [3.63, 3.8) is 0 Å². The molecule has 6 nitrogen and oxygen atoms in total. The first-order valence-electron chi connectivity index (χ1n) is 14.4. The molecule has 2 aromatic carbocycles. The first-order chi connectivity index (χ1) is 18.3. The third-order valence-electron chi connectivity index (χ3n) is 9.37. The lowest BCUT2D eigenvalue weighted by molar-refractivity contribution is 0.0935. The van der Waals surface area contributed by atoms with Gasteiger partial charge in [-0.25, -0.2) is 0 Å². The quantitative estimate of drug-likeness (QED) is 0.300. The fourth-order valence-corrected chi connectivity index (χ4v) is 6.79. The Hall–Kier alpha value is -2.72. The molecule has 0 saturated heterocycles. The molecule has 0 atom stereocenters. The van der Waals surface area contributed by atoms with E-state index in [0.29, 0.717) is 22.6 Å². The maximum Gasteiger partial charge on any atom is 0.251 e. The Morgan fingerprint density at radius 1 is 0.775 bits per heavy atom. The Kier molecular flexibility index (Phi) is 7.77. The molecule has 0 aromatic heterocycles. The second-order valence-corrected chi connectivity index (χ2v) is 23.9. The van der Waals surface area contributed by atoms with E-state index in [0.717, 1.165) is 25.7 Å². The van der Waals surface area contributed by atoms with Crippen LogP contribution in [0.5, 0.6) is 11.5 Å². The first-order valence-corrected chi connectivity index (χ1v) is 20.2. The molecule has 0 radical (unpaired) electrons. The van der Waals surface area contributed by atoms with Crippen molar-refractivity contribution in [1.82, 2.24) is 5.32 Å². The van der Waals surface area contributed by atoms with E-state index in [1.165, 1.54) is 0 Å². The molecule has 2 aliphatic carbocycles. The highest BCUT2D eigenvalue weighted by Gasteiger charge is 2.44. The number of carbonyl (C=O) groups excluding carboxylic acids is 3. The van der Waals surface area contributed by atoms with Gasteiger partial charge >= 0.3 is 0 Å². The van der Waals surface area contributed by atoms with Crippen molar-refractivity contribution in [3.05, 3.63) is 58.1 Å². The summed E-state index contributed by atoms with van der Waals surface area (Å²) in [5.74, 6) is -0.0756. The Bertz CT molecular complexity index is 1360. The zero-order chi connectivity index (χ0) is 29.8. The fraction of sp³-hybridized carbons (Fsp3) is 0.531. The lowest BCUT2D eigenvalue weighted by atomic mass is 9.82. The van der Waals surface area contributed by atoms with Crippen LogP contribution >= 0.6 is 0 Å². The van der Waals surface area contributed by atoms with Crippen LogP contribution < -0.4 is 14.2 Å². The van der Waals surface area contributed by atoms with Crippen LogP contribution in [0.1, 0.15) is 109 Å². The van der Waals surface area contributed by atoms with Gasteiger partial charge < -0.3 is 14.2 Å². The van der Waals surface area contributed by atoms with Gasteiger partial charge in [-0.1, -0.05) is 66.5 Å². The Balaban J connectivity index is 1.87. The van der Waals surface area contributed by atoms with Crippen molar-refractivity contribution < 1.29 is 23.2 Å². The number of rotatable bonds is 6. The van der Waals surface area contributed by atoms with E-state index in [1.807, 2.05) is 0 Å². The van der Waals surface area contributed by atoms with Crippen molar-refractivity contribution in [3.8, 4) is 11.5 Å². The third kappa shape index (κ3) is 5.57. The minimum atomic E-state index is -2.44. The van der Waals surface area contributed by atoms with E-state index in [4.69, 9.17) is 8.85 Å². The summed E-state index contributed by atoms with van der Waals surface area (Å²) < 4.78 is 13.3. The van der Waals surface area contributed by atoms with Gasteiger partial charge in [-0.05, 0) is 67.3 Å². The predicted octanol–water partition coefficient (Wildman–Crippen LogP) is 7.90. The molecule has 8 heteroatoms. The molecule has 0 aliphatic heterocycles. The Morgan fingerprint density at radius 2 is 1.30 bits per heavy atom. The second kappa shape index (κ2) is 10.3. The van der Waals surface area contributed by atoms with Crippen LogP contribution in [0.15, 0.2) is 30.3 Å². The fourth-order valence-electron chi connectivity index (χ4n) is 4.74. The topological polar surface area (TPSA) is 81.7 Å². The number of nitrogens with one attached hydrogen (secondary N) is 1. The van der Waals surface area contributed by atoms with Gasteiger partial charge in [0.1, 0.15) is 11.5 Å². The summed E-state index contributed by atoms with van der Waals surface area (Å²) in [6, 6.07) is 8.59. The number of hydrogen-bond donors (Lipinski definition) is 1. The van der Waals surface area contributed by atoms with Gasteiger partial charge in [0.15, 0.2) is 5.78 Å². The number of ketones is 2. The number of fused-ring (bicyclic) bond motifs is 2. The molecule has 1 saturated carbocycles. The van der Waals surface area contributed by atoms with Crippen LogP contribution in [0.3, 0.4) is 0 Å². The summed E-state index contributed by atoms with van der Waals surface area (Å²) in [6.07, 6.45) is 4.09. The zero-order valence-corrected chi connectivity index (χ0v) is 27.8. The van der Waals surface area contributed by atoms with Gasteiger partial charge in [0.25, 0.3) is 22.5 Å². The average molecular weight is 580 g/mol. The van der Waals surface area contributed by atoms with Gasteiger partial charge in [-0.15, -0.1) is 0 Å². The monoisotopic (exact) mass is 579 g/mol. The standard InChI is InChI=1S/C32H45NO5Si2/c1-31(2,3)39(7,8)37-24-17-13-16-22-26(24)29(35)27-23(28(22)34)18-20(30(36)33-21-14-11-12-15-21)19-25(27)38-40(9,10)32(4,5)6/h13,16-19,21H,11-12,14-15H2,1-10H3,(H,33,36). The van der Waals surface area contributed by atoms with Gasteiger partial charge in [0, 0.05) is 22.7 Å². The number of benzene rings is 2. The number of hydrogen-bond acceptors (Lipinski definition) is 5. The summed E-state index contributed by atoms with van der Waals surface area (Å²) in [5.41, 5.74) is 1.38. The largest absolute Gasteiger partial charge is 0.543 e. The van der Waals surface area contributed by atoms with Crippen molar-refractivity contribution in [2.24, 2.45) is 0 Å². The van der Waals surface area contributed by atoms with Gasteiger partial charge in [-0.3, -0.25) is 14.4 Å². The minimum absolute atomic E-state index is 0.0897.